The Labute approximate surface area is 122 Å². The van der Waals surface area contributed by atoms with Crippen LogP contribution in [-0.2, 0) is 6.42 Å². The minimum absolute atomic E-state index is 0.0659. The maximum Gasteiger partial charge on any atom is 0.356 e. The predicted octanol–water partition coefficient (Wildman–Crippen LogP) is 2.15. The van der Waals surface area contributed by atoms with Crippen LogP contribution < -0.4 is 10.1 Å². The Bertz CT molecular complexity index is 627. The second-order valence-corrected chi connectivity index (χ2v) is 4.57. The molecule has 21 heavy (non-hydrogen) atoms. The van der Waals surface area contributed by atoms with Crippen molar-refractivity contribution in [3.8, 4) is 5.75 Å². The summed E-state index contributed by atoms with van der Waals surface area (Å²) in [5, 5.41) is 11.8. The molecular formula is C15H17N3O3. The summed E-state index contributed by atoms with van der Waals surface area (Å²) in [4.78, 5) is 18.5. The van der Waals surface area contributed by atoms with Gasteiger partial charge in [-0.1, -0.05) is 12.1 Å². The first kappa shape index (κ1) is 14.8. The fourth-order valence-electron chi connectivity index (χ4n) is 1.88. The Balaban J connectivity index is 1.90. The second-order valence-electron chi connectivity index (χ2n) is 4.57. The summed E-state index contributed by atoms with van der Waals surface area (Å²) in [6, 6.07) is 6.09. The third-order valence-corrected chi connectivity index (χ3v) is 3.06. The van der Waals surface area contributed by atoms with Crippen molar-refractivity contribution < 1.29 is 14.6 Å². The maximum atomic E-state index is 10.7. The number of nitrogens with zero attached hydrogens (tertiary/aromatic N) is 2. The SMILES string of the molecule is COc1cc(CCNc2cnc(C(=O)O)cn2)ccc1C. The van der Waals surface area contributed by atoms with Crippen LogP contribution >= 0.6 is 0 Å². The first-order valence-electron chi connectivity index (χ1n) is 6.53. The number of benzene rings is 1. The van der Waals surface area contributed by atoms with E-state index in [-0.39, 0.29) is 5.69 Å². The van der Waals surface area contributed by atoms with E-state index >= 15 is 0 Å². The molecule has 0 saturated carbocycles. The molecule has 2 rings (SSSR count). The number of aryl methyl sites for hydroxylation is 1. The highest BCUT2D eigenvalue weighted by Crippen LogP contribution is 2.19. The summed E-state index contributed by atoms with van der Waals surface area (Å²) in [5.74, 6) is 0.345. The maximum absolute atomic E-state index is 10.7. The van der Waals surface area contributed by atoms with Gasteiger partial charge in [-0.2, -0.15) is 0 Å². The fourth-order valence-corrected chi connectivity index (χ4v) is 1.88. The van der Waals surface area contributed by atoms with Gasteiger partial charge in [-0.25, -0.2) is 14.8 Å². The third kappa shape index (κ3) is 3.92. The molecule has 2 aromatic rings. The molecule has 2 N–H and O–H groups in total. The zero-order valence-electron chi connectivity index (χ0n) is 12.0. The first-order valence-corrected chi connectivity index (χ1v) is 6.53. The van der Waals surface area contributed by atoms with E-state index in [1.165, 1.54) is 12.4 Å². The standard InChI is InChI=1S/C15H17N3O3/c1-10-3-4-11(7-13(10)21-2)5-6-16-14-9-17-12(8-18-14)15(19)20/h3-4,7-9H,5-6H2,1-2H3,(H,16,18)(H,19,20). The number of carboxylic acids is 1. The zero-order chi connectivity index (χ0) is 15.2. The molecule has 1 aromatic carbocycles. The van der Waals surface area contributed by atoms with Crippen molar-refractivity contribution in [2.45, 2.75) is 13.3 Å². The Morgan fingerprint density at radius 2 is 2.14 bits per heavy atom. The van der Waals surface area contributed by atoms with Crippen LogP contribution in [-0.4, -0.2) is 34.7 Å². The minimum atomic E-state index is -1.08. The van der Waals surface area contributed by atoms with Gasteiger partial charge in [0.2, 0.25) is 0 Å². The Morgan fingerprint density at radius 3 is 2.76 bits per heavy atom. The van der Waals surface area contributed by atoms with Gasteiger partial charge in [0.25, 0.3) is 0 Å². The quantitative estimate of drug-likeness (QED) is 0.847. The van der Waals surface area contributed by atoms with Crippen LogP contribution in [0.3, 0.4) is 0 Å². The monoisotopic (exact) mass is 287 g/mol. The van der Waals surface area contributed by atoms with E-state index in [1.807, 2.05) is 19.1 Å². The highest BCUT2D eigenvalue weighted by atomic mass is 16.5. The molecule has 0 spiro atoms. The van der Waals surface area contributed by atoms with Crippen LogP contribution in [0.1, 0.15) is 21.6 Å². The van der Waals surface area contributed by atoms with Crippen LogP contribution in [0.2, 0.25) is 0 Å². The lowest BCUT2D eigenvalue weighted by atomic mass is 10.1. The number of methoxy groups -OCH3 is 1. The lowest BCUT2D eigenvalue weighted by molar-refractivity contribution is 0.0690. The number of ether oxygens (including phenoxy) is 1. The van der Waals surface area contributed by atoms with E-state index < -0.39 is 5.97 Å². The van der Waals surface area contributed by atoms with Crippen LogP contribution in [0.15, 0.2) is 30.6 Å². The number of aromatic nitrogens is 2. The smallest absolute Gasteiger partial charge is 0.356 e. The predicted molar refractivity (Wildman–Crippen MR) is 78.9 cm³/mol. The molecule has 0 aliphatic rings. The van der Waals surface area contributed by atoms with E-state index in [1.54, 1.807) is 7.11 Å². The van der Waals surface area contributed by atoms with Crippen molar-refractivity contribution in [2.24, 2.45) is 0 Å². The van der Waals surface area contributed by atoms with Crippen molar-refractivity contribution in [3.63, 3.8) is 0 Å². The van der Waals surface area contributed by atoms with Crippen LogP contribution in [0.5, 0.6) is 5.75 Å². The van der Waals surface area contributed by atoms with Crippen LogP contribution in [0.25, 0.3) is 0 Å². The molecule has 6 nitrogen and oxygen atoms in total. The van der Waals surface area contributed by atoms with E-state index in [9.17, 15) is 4.79 Å². The van der Waals surface area contributed by atoms with E-state index in [2.05, 4.69) is 21.4 Å². The van der Waals surface area contributed by atoms with Gasteiger partial charge in [-0.15, -0.1) is 0 Å². The van der Waals surface area contributed by atoms with Crippen molar-refractivity contribution in [1.29, 1.82) is 0 Å². The summed E-state index contributed by atoms with van der Waals surface area (Å²) in [7, 11) is 1.66. The van der Waals surface area contributed by atoms with Crippen molar-refractivity contribution in [2.75, 3.05) is 19.0 Å². The number of nitrogens with one attached hydrogen (secondary N) is 1. The van der Waals surface area contributed by atoms with Gasteiger partial charge in [0.15, 0.2) is 5.69 Å². The number of anilines is 1. The molecule has 6 heteroatoms. The topological polar surface area (TPSA) is 84.3 Å². The molecule has 110 valence electrons. The normalized spacial score (nSPS) is 10.2. The number of carbonyl (C=O) groups is 1. The molecule has 0 amide bonds. The molecule has 0 unspecified atom stereocenters. The van der Waals surface area contributed by atoms with Gasteiger partial charge in [-0.05, 0) is 30.5 Å². The molecule has 1 heterocycles. The molecule has 0 atom stereocenters. The van der Waals surface area contributed by atoms with E-state index in [0.29, 0.717) is 12.4 Å². The minimum Gasteiger partial charge on any atom is -0.496 e. The third-order valence-electron chi connectivity index (χ3n) is 3.06. The van der Waals surface area contributed by atoms with Gasteiger partial charge < -0.3 is 15.2 Å². The van der Waals surface area contributed by atoms with E-state index in [4.69, 9.17) is 9.84 Å². The van der Waals surface area contributed by atoms with Gasteiger partial charge in [0.1, 0.15) is 11.6 Å². The zero-order valence-corrected chi connectivity index (χ0v) is 12.0. The van der Waals surface area contributed by atoms with Crippen molar-refractivity contribution in [1.82, 2.24) is 9.97 Å². The van der Waals surface area contributed by atoms with E-state index in [0.717, 1.165) is 23.3 Å². The van der Waals surface area contributed by atoms with Crippen molar-refractivity contribution in [3.05, 3.63) is 47.4 Å². The largest absolute Gasteiger partial charge is 0.496 e. The summed E-state index contributed by atoms with van der Waals surface area (Å²) < 4.78 is 5.29. The molecule has 1 aromatic heterocycles. The Kier molecular flexibility index (Phi) is 4.71. The number of aromatic carboxylic acids is 1. The summed E-state index contributed by atoms with van der Waals surface area (Å²) >= 11 is 0. The lowest BCUT2D eigenvalue weighted by Gasteiger charge is -2.09. The number of hydrogen-bond acceptors (Lipinski definition) is 5. The molecule has 0 saturated heterocycles. The van der Waals surface area contributed by atoms with Crippen LogP contribution in [0.4, 0.5) is 5.82 Å². The average Bonchev–Trinajstić information content (AvgIpc) is 2.49. The van der Waals surface area contributed by atoms with Crippen LogP contribution in [0, 0.1) is 6.92 Å². The first-order chi connectivity index (χ1) is 10.1. The molecule has 0 fully saturated rings. The highest BCUT2D eigenvalue weighted by molar-refractivity contribution is 5.84. The summed E-state index contributed by atoms with van der Waals surface area (Å²) in [6.07, 6.45) is 3.46. The molecule has 0 aliphatic carbocycles. The summed E-state index contributed by atoms with van der Waals surface area (Å²) in [5.41, 5.74) is 2.19. The fraction of sp³-hybridized carbons (Fsp3) is 0.267. The number of carboxylic acid groups (broad SMARTS) is 1. The summed E-state index contributed by atoms with van der Waals surface area (Å²) in [6.45, 7) is 2.67. The van der Waals surface area contributed by atoms with Gasteiger partial charge in [-0.3, -0.25) is 0 Å². The molecular weight excluding hydrogens is 270 g/mol. The Morgan fingerprint density at radius 1 is 1.33 bits per heavy atom. The highest BCUT2D eigenvalue weighted by Gasteiger charge is 2.05. The Hall–Kier alpha value is -2.63. The molecule has 0 radical (unpaired) electrons. The number of hydrogen-bond donors (Lipinski definition) is 2. The van der Waals surface area contributed by atoms with Gasteiger partial charge >= 0.3 is 5.97 Å². The average molecular weight is 287 g/mol. The van der Waals surface area contributed by atoms with Crippen molar-refractivity contribution >= 4 is 11.8 Å². The van der Waals surface area contributed by atoms with Gasteiger partial charge in [0, 0.05) is 6.54 Å². The van der Waals surface area contributed by atoms with Gasteiger partial charge in [0.05, 0.1) is 19.5 Å². The second kappa shape index (κ2) is 6.69. The lowest BCUT2D eigenvalue weighted by Crippen LogP contribution is -2.08. The number of rotatable bonds is 6. The molecule has 0 bridgehead atoms. The molecule has 0 aliphatic heterocycles.